The van der Waals surface area contributed by atoms with E-state index in [1.54, 1.807) is 0 Å². The first-order chi connectivity index (χ1) is 9.87. The fraction of sp³-hybridized carbons (Fsp3) is 0.0909. The average molecular weight is 304 g/mol. The van der Waals surface area contributed by atoms with Crippen LogP contribution in [0, 0.1) is 5.82 Å². The van der Waals surface area contributed by atoms with Gasteiger partial charge in [0, 0.05) is 0 Å². The van der Waals surface area contributed by atoms with Gasteiger partial charge in [-0.1, -0.05) is 0 Å². The standard InChI is InChI=1S/C11H8F4N4O2/c12-8-5-17-10(19-16)18-9(8)20-6-1-3-7(4-2-6)21-11(13,14)15/h1-5H,16H2,(H,17,18,19). The van der Waals surface area contributed by atoms with Crippen molar-refractivity contribution in [3.63, 3.8) is 0 Å². The van der Waals surface area contributed by atoms with Crippen molar-refractivity contribution in [2.24, 2.45) is 5.84 Å². The number of aromatic nitrogens is 2. The summed E-state index contributed by atoms with van der Waals surface area (Å²) < 4.78 is 58.1. The van der Waals surface area contributed by atoms with Crippen LogP contribution in [0.1, 0.15) is 0 Å². The van der Waals surface area contributed by atoms with E-state index in [0.29, 0.717) is 0 Å². The predicted molar refractivity (Wildman–Crippen MR) is 63.0 cm³/mol. The highest BCUT2D eigenvalue weighted by atomic mass is 19.4. The minimum Gasteiger partial charge on any atom is -0.436 e. The van der Waals surface area contributed by atoms with Crippen LogP contribution in [-0.2, 0) is 0 Å². The Hall–Kier alpha value is -2.62. The summed E-state index contributed by atoms with van der Waals surface area (Å²) in [6.07, 6.45) is -3.96. The molecule has 0 aliphatic carbocycles. The SMILES string of the molecule is NNc1ncc(F)c(Oc2ccc(OC(F)(F)F)cc2)n1. The fourth-order valence-electron chi connectivity index (χ4n) is 1.31. The maximum atomic E-state index is 13.4. The van der Waals surface area contributed by atoms with E-state index in [1.165, 1.54) is 0 Å². The number of alkyl halides is 3. The van der Waals surface area contributed by atoms with Crippen LogP contribution in [0.5, 0.6) is 17.4 Å². The molecule has 10 heteroatoms. The lowest BCUT2D eigenvalue weighted by Crippen LogP contribution is -2.16. The van der Waals surface area contributed by atoms with Crippen molar-refractivity contribution in [3.8, 4) is 17.4 Å². The molecule has 2 rings (SSSR count). The van der Waals surface area contributed by atoms with Gasteiger partial charge < -0.3 is 9.47 Å². The monoisotopic (exact) mass is 304 g/mol. The molecule has 3 N–H and O–H groups in total. The van der Waals surface area contributed by atoms with Gasteiger partial charge in [0.05, 0.1) is 6.20 Å². The number of hydrogen-bond acceptors (Lipinski definition) is 6. The average Bonchev–Trinajstić information content (AvgIpc) is 2.42. The number of nitrogens with two attached hydrogens (primary N) is 1. The fourth-order valence-corrected chi connectivity index (χ4v) is 1.31. The van der Waals surface area contributed by atoms with Gasteiger partial charge in [0.2, 0.25) is 11.8 Å². The Labute approximate surface area is 115 Å². The molecule has 21 heavy (non-hydrogen) atoms. The highest BCUT2D eigenvalue weighted by Gasteiger charge is 2.31. The number of nitrogens with one attached hydrogen (secondary N) is 1. The molecule has 1 heterocycles. The third kappa shape index (κ3) is 4.18. The summed E-state index contributed by atoms with van der Waals surface area (Å²) in [6, 6.07) is 4.37. The Kier molecular flexibility index (Phi) is 4.08. The van der Waals surface area contributed by atoms with Gasteiger partial charge >= 0.3 is 6.36 Å². The molecule has 0 saturated heterocycles. The molecule has 0 fully saturated rings. The zero-order chi connectivity index (χ0) is 15.5. The highest BCUT2D eigenvalue weighted by molar-refractivity contribution is 5.35. The minimum absolute atomic E-state index is 0.0603. The molecule has 0 radical (unpaired) electrons. The van der Waals surface area contributed by atoms with Gasteiger partial charge in [-0.2, -0.15) is 9.37 Å². The highest BCUT2D eigenvalue weighted by Crippen LogP contribution is 2.27. The second-order valence-corrected chi connectivity index (χ2v) is 3.61. The van der Waals surface area contributed by atoms with Crippen LogP contribution in [0.4, 0.5) is 23.5 Å². The van der Waals surface area contributed by atoms with Crippen LogP contribution in [0.25, 0.3) is 0 Å². The molecular formula is C11H8F4N4O2. The van der Waals surface area contributed by atoms with Gasteiger partial charge in [-0.3, -0.25) is 5.43 Å². The molecule has 0 aliphatic rings. The van der Waals surface area contributed by atoms with E-state index in [9.17, 15) is 17.6 Å². The quantitative estimate of drug-likeness (QED) is 0.513. The molecule has 0 amide bonds. The normalized spacial score (nSPS) is 11.1. The lowest BCUT2D eigenvalue weighted by Gasteiger charge is -2.10. The maximum Gasteiger partial charge on any atom is 0.573 e. The first kappa shape index (κ1) is 14.8. The van der Waals surface area contributed by atoms with Crippen LogP contribution >= 0.6 is 0 Å². The summed E-state index contributed by atoms with van der Waals surface area (Å²) in [4.78, 5) is 7.12. The molecule has 1 aromatic heterocycles. The summed E-state index contributed by atoms with van der Waals surface area (Å²) in [5.74, 6) is 3.33. The van der Waals surface area contributed by atoms with Crippen LogP contribution < -0.4 is 20.7 Å². The first-order valence-corrected chi connectivity index (χ1v) is 5.40. The summed E-state index contributed by atoms with van der Waals surface area (Å²) in [5.41, 5.74) is 2.10. The molecule has 0 bridgehead atoms. The molecule has 0 aliphatic heterocycles. The van der Waals surface area contributed by atoms with E-state index >= 15 is 0 Å². The van der Waals surface area contributed by atoms with Crippen molar-refractivity contribution >= 4 is 5.95 Å². The summed E-state index contributed by atoms with van der Waals surface area (Å²) in [7, 11) is 0. The van der Waals surface area contributed by atoms with Gasteiger partial charge in [0.15, 0.2) is 0 Å². The zero-order valence-corrected chi connectivity index (χ0v) is 10.2. The Balaban J connectivity index is 2.13. The number of nitrogen functional groups attached to an aromatic ring is 1. The molecule has 0 spiro atoms. The minimum atomic E-state index is -4.79. The lowest BCUT2D eigenvalue weighted by atomic mass is 10.3. The molecular weight excluding hydrogens is 296 g/mol. The van der Waals surface area contributed by atoms with Crippen molar-refractivity contribution in [1.29, 1.82) is 0 Å². The number of rotatable bonds is 4. The Morgan fingerprint density at radius 1 is 1.10 bits per heavy atom. The Morgan fingerprint density at radius 3 is 2.29 bits per heavy atom. The second kappa shape index (κ2) is 5.79. The van der Waals surface area contributed by atoms with Gasteiger partial charge in [0.1, 0.15) is 11.5 Å². The van der Waals surface area contributed by atoms with Crippen LogP contribution in [0.3, 0.4) is 0 Å². The Morgan fingerprint density at radius 2 is 1.71 bits per heavy atom. The van der Waals surface area contributed by atoms with E-state index in [0.717, 1.165) is 30.5 Å². The van der Waals surface area contributed by atoms with Gasteiger partial charge in [-0.05, 0) is 24.3 Å². The van der Waals surface area contributed by atoms with E-state index < -0.39 is 23.8 Å². The van der Waals surface area contributed by atoms with Crippen molar-refractivity contribution in [1.82, 2.24) is 9.97 Å². The molecule has 0 saturated carbocycles. The second-order valence-electron chi connectivity index (χ2n) is 3.61. The maximum absolute atomic E-state index is 13.4. The number of hydrogen-bond donors (Lipinski definition) is 2. The summed E-state index contributed by atoms with van der Waals surface area (Å²) >= 11 is 0. The van der Waals surface area contributed by atoms with E-state index in [1.807, 2.05) is 0 Å². The number of halogens is 4. The zero-order valence-electron chi connectivity index (χ0n) is 10.2. The van der Waals surface area contributed by atoms with Gasteiger partial charge in [-0.15, -0.1) is 13.2 Å². The van der Waals surface area contributed by atoms with Crippen LogP contribution in [-0.4, -0.2) is 16.3 Å². The smallest absolute Gasteiger partial charge is 0.436 e. The largest absolute Gasteiger partial charge is 0.573 e. The van der Waals surface area contributed by atoms with Gasteiger partial charge in [-0.25, -0.2) is 10.8 Å². The van der Waals surface area contributed by atoms with Crippen molar-refractivity contribution in [2.45, 2.75) is 6.36 Å². The molecule has 2 aromatic rings. The number of nitrogens with zero attached hydrogens (tertiary/aromatic N) is 2. The summed E-state index contributed by atoms with van der Waals surface area (Å²) in [6.45, 7) is 0. The van der Waals surface area contributed by atoms with Crippen molar-refractivity contribution < 1.29 is 27.0 Å². The molecule has 112 valence electrons. The van der Waals surface area contributed by atoms with Crippen LogP contribution in [0.15, 0.2) is 30.5 Å². The summed E-state index contributed by atoms with van der Waals surface area (Å²) in [5, 5.41) is 0. The topological polar surface area (TPSA) is 82.3 Å². The third-order valence-electron chi connectivity index (χ3n) is 2.11. The van der Waals surface area contributed by atoms with Gasteiger partial charge in [0.25, 0.3) is 5.88 Å². The molecule has 6 nitrogen and oxygen atoms in total. The number of hydrazine groups is 1. The predicted octanol–water partition coefficient (Wildman–Crippen LogP) is 2.59. The Bertz CT molecular complexity index is 619. The number of ether oxygens (including phenoxy) is 2. The van der Waals surface area contributed by atoms with E-state index in [4.69, 9.17) is 10.6 Å². The third-order valence-corrected chi connectivity index (χ3v) is 2.11. The van der Waals surface area contributed by atoms with Crippen LogP contribution in [0.2, 0.25) is 0 Å². The first-order valence-electron chi connectivity index (χ1n) is 5.40. The number of benzene rings is 1. The van der Waals surface area contributed by atoms with E-state index in [-0.39, 0.29) is 11.7 Å². The molecule has 0 atom stereocenters. The molecule has 0 unspecified atom stereocenters. The lowest BCUT2D eigenvalue weighted by molar-refractivity contribution is -0.274. The van der Waals surface area contributed by atoms with Crippen molar-refractivity contribution in [3.05, 3.63) is 36.3 Å². The number of anilines is 1. The van der Waals surface area contributed by atoms with Crippen molar-refractivity contribution in [2.75, 3.05) is 5.43 Å². The molecule has 1 aromatic carbocycles. The van der Waals surface area contributed by atoms with E-state index in [2.05, 4.69) is 20.1 Å².